The number of benzene rings is 1. The Balaban J connectivity index is 2.15. The van der Waals surface area contributed by atoms with Gasteiger partial charge in [0.05, 0.1) is 18.3 Å². The highest BCUT2D eigenvalue weighted by Crippen LogP contribution is 2.32. The lowest BCUT2D eigenvalue weighted by Crippen LogP contribution is -2.50. The Kier molecular flexibility index (Phi) is 3.38. The molecule has 0 spiro atoms. The summed E-state index contributed by atoms with van der Waals surface area (Å²) in [5.41, 5.74) is -0.195. The van der Waals surface area contributed by atoms with Gasteiger partial charge < -0.3 is 10.1 Å². The SMILES string of the molecule is CC1(C)COC(c2cccc(C(F)(F)F)c2)CN1. The number of halogens is 3. The summed E-state index contributed by atoms with van der Waals surface area (Å²) in [6.07, 6.45) is -4.63. The van der Waals surface area contributed by atoms with Gasteiger partial charge >= 0.3 is 6.18 Å². The van der Waals surface area contributed by atoms with E-state index in [4.69, 9.17) is 4.74 Å². The predicted molar refractivity (Wildman–Crippen MR) is 62.2 cm³/mol. The fraction of sp³-hybridized carbons (Fsp3) is 0.538. The fourth-order valence-electron chi connectivity index (χ4n) is 1.92. The maximum atomic E-state index is 12.6. The normalized spacial score (nSPS) is 23.9. The summed E-state index contributed by atoms with van der Waals surface area (Å²) in [4.78, 5) is 0. The molecule has 1 unspecified atom stereocenters. The van der Waals surface area contributed by atoms with Gasteiger partial charge in [-0.2, -0.15) is 13.2 Å². The van der Waals surface area contributed by atoms with E-state index in [1.165, 1.54) is 6.07 Å². The van der Waals surface area contributed by atoms with Crippen LogP contribution < -0.4 is 5.32 Å². The molecule has 1 saturated heterocycles. The van der Waals surface area contributed by atoms with E-state index in [0.717, 1.165) is 12.1 Å². The topological polar surface area (TPSA) is 21.3 Å². The van der Waals surface area contributed by atoms with Crippen molar-refractivity contribution in [2.24, 2.45) is 0 Å². The Hall–Kier alpha value is -1.07. The molecular formula is C13H16F3NO. The van der Waals surface area contributed by atoms with Crippen LogP contribution >= 0.6 is 0 Å². The van der Waals surface area contributed by atoms with Gasteiger partial charge in [-0.25, -0.2) is 0 Å². The van der Waals surface area contributed by atoms with E-state index in [1.54, 1.807) is 6.07 Å². The van der Waals surface area contributed by atoms with E-state index >= 15 is 0 Å². The summed E-state index contributed by atoms with van der Waals surface area (Å²) >= 11 is 0. The molecule has 1 aliphatic rings. The van der Waals surface area contributed by atoms with Crippen LogP contribution in [0.25, 0.3) is 0 Å². The predicted octanol–water partition coefficient (Wildman–Crippen LogP) is 3.14. The highest BCUT2D eigenvalue weighted by molar-refractivity contribution is 5.27. The average molecular weight is 259 g/mol. The van der Waals surface area contributed by atoms with Gasteiger partial charge in [0.1, 0.15) is 0 Å². The molecule has 2 rings (SSSR count). The van der Waals surface area contributed by atoms with Gasteiger partial charge in [0, 0.05) is 12.1 Å². The molecular weight excluding hydrogens is 243 g/mol. The maximum Gasteiger partial charge on any atom is 0.416 e. The first-order chi connectivity index (χ1) is 8.28. The first-order valence-corrected chi connectivity index (χ1v) is 5.82. The molecule has 18 heavy (non-hydrogen) atoms. The summed E-state index contributed by atoms with van der Waals surface area (Å²) in [6, 6.07) is 5.32. The van der Waals surface area contributed by atoms with Gasteiger partial charge in [0.25, 0.3) is 0 Å². The number of nitrogens with one attached hydrogen (secondary N) is 1. The maximum absolute atomic E-state index is 12.6. The number of ether oxygens (including phenoxy) is 1. The first-order valence-electron chi connectivity index (χ1n) is 5.82. The van der Waals surface area contributed by atoms with E-state index in [9.17, 15) is 13.2 Å². The van der Waals surface area contributed by atoms with Gasteiger partial charge in [-0.1, -0.05) is 12.1 Å². The molecule has 0 amide bonds. The summed E-state index contributed by atoms with van der Waals surface area (Å²) < 4.78 is 43.4. The largest absolute Gasteiger partial charge is 0.416 e. The Labute approximate surface area is 104 Å². The second kappa shape index (κ2) is 4.55. The number of alkyl halides is 3. The van der Waals surface area contributed by atoms with Crippen LogP contribution in [-0.2, 0) is 10.9 Å². The minimum atomic E-state index is -4.31. The molecule has 0 radical (unpaired) electrons. The smallest absolute Gasteiger partial charge is 0.370 e. The fourth-order valence-corrected chi connectivity index (χ4v) is 1.92. The van der Waals surface area contributed by atoms with E-state index in [2.05, 4.69) is 5.32 Å². The average Bonchev–Trinajstić information content (AvgIpc) is 2.28. The Morgan fingerprint density at radius 1 is 1.33 bits per heavy atom. The third kappa shape index (κ3) is 3.03. The molecule has 0 aliphatic carbocycles. The van der Waals surface area contributed by atoms with Gasteiger partial charge in [-0.3, -0.25) is 0 Å². The molecule has 1 N–H and O–H groups in total. The van der Waals surface area contributed by atoms with Gasteiger partial charge in [0.15, 0.2) is 0 Å². The van der Waals surface area contributed by atoms with Crippen LogP contribution in [0.3, 0.4) is 0 Å². The van der Waals surface area contributed by atoms with E-state index in [1.807, 2.05) is 13.8 Å². The van der Waals surface area contributed by atoms with Crippen LogP contribution in [0, 0.1) is 0 Å². The van der Waals surface area contributed by atoms with E-state index in [0.29, 0.717) is 18.7 Å². The van der Waals surface area contributed by atoms with Crippen LogP contribution in [0.2, 0.25) is 0 Å². The molecule has 2 nitrogen and oxygen atoms in total. The van der Waals surface area contributed by atoms with Crippen molar-refractivity contribution in [3.05, 3.63) is 35.4 Å². The molecule has 100 valence electrons. The van der Waals surface area contributed by atoms with Crippen LogP contribution in [0.5, 0.6) is 0 Å². The van der Waals surface area contributed by atoms with Crippen molar-refractivity contribution in [2.45, 2.75) is 31.7 Å². The molecule has 0 bridgehead atoms. The molecule has 1 atom stereocenters. The van der Waals surface area contributed by atoms with Crippen molar-refractivity contribution >= 4 is 0 Å². The van der Waals surface area contributed by atoms with Crippen LogP contribution in [-0.4, -0.2) is 18.7 Å². The van der Waals surface area contributed by atoms with Gasteiger partial charge in [-0.05, 0) is 31.5 Å². The van der Waals surface area contributed by atoms with Crippen molar-refractivity contribution in [1.29, 1.82) is 0 Å². The van der Waals surface area contributed by atoms with Crippen molar-refractivity contribution in [3.8, 4) is 0 Å². The zero-order valence-corrected chi connectivity index (χ0v) is 10.3. The van der Waals surface area contributed by atoms with Crippen molar-refractivity contribution in [3.63, 3.8) is 0 Å². The standard InChI is InChI=1S/C13H16F3NO/c1-12(2)8-18-11(7-17-12)9-4-3-5-10(6-9)13(14,15)16/h3-6,11,17H,7-8H2,1-2H3. The summed E-state index contributed by atoms with van der Waals surface area (Å²) in [7, 11) is 0. The molecule has 1 aliphatic heterocycles. The Bertz CT molecular complexity index is 418. The van der Waals surface area contributed by atoms with Crippen LogP contribution in [0.15, 0.2) is 24.3 Å². The Morgan fingerprint density at radius 3 is 2.61 bits per heavy atom. The Morgan fingerprint density at radius 2 is 2.06 bits per heavy atom. The van der Waals surface area contributed by atoms with Crippen LogP contribution in [0.1, 0.15) is 31.1 Å². The molecule has 0 aromatic heterocycles. The quantitative estimate of drug-likeness (QED) is 0.836. The van der Waals surface area contributed by atoms with Gasteiger partial charge in [0.2, 0.25) is 0 Å². The number of hydrogen-bond acceptors (Lipinski definition) is 2. The van der Waals surface area contributed by atoms with Crippen molar-refractivity contribution in [1.82, 2.24) is 5.32 Å². The number of hydrogen-bond donors (Lipinski definition) is 1. The van der Waals surface area contributed by atoms with Crippen LogP contribution in [0.4, 0.5) is 13.2 Å². The highest BCUT2D eigenvalue weighted by atomic mass is 19.4. The van der Waals surface area contributed by atoms with Gasteiger partial charge in [-0.15, -0.1) is 0 Å². The zero-order valence-electron chi connectivity index (χ0n) is 10.3. The zero-order chi connectivity index (χ0) is 13.4. The molecule has 1 heterocycles. The molecule has 5 heteroatoms. The van der Waals surface area contributed by atoms with E-state index < -0.39 is 11.7 Å². The summed E-state index contributed by atoms with van der Waals surface area (Å²) in [5.74, 6) is 0. The summed E-state index contributed by atoms with van der Waals surface area (Å²) in [6.45, 7) is 4.99. The monoisotopic (exact) mass is 259 g/mol. The number of morpholine rings is 1. The second-order valence-corrected chi connectivity index (χ2v) is 5.19. The lowest BCUT2D eigenvalue weighted by atomic mass is 10.00. The lowest BCUT2D eigenvalue weighted by molar-refractivity contribution is -0.137. The van der Waals surface area contributed by atoms with Crippen molar-refractivity contribution < 1.29 is 17.9 Å². The summed E-state index contributed by atoms with van der Waals surface area (Å²) in [5, 5.41) is 3.26. The minimum Gasteiger partial charge on any atom is -0.370 e. The minimum absolute atomic E-state index is 0.127. The lowest BCUT2D eigenvalue weighted by Gasteiger charge is -2.36. The third-order valence-corrected chi connectivity index (χ3v) is 3.00. The molecule has 1 fully saturated rings. The molecule has 1 aromatic carbocycles. The number of rotatable bonds is 1. The molecule has 0 saturated carbocycles. The highest BCUT2D eigenvalue weighted by Gasteiger charge is 2.32. The van der Waals surface area contributed by atoms with Crippen molar-refractivity contribution in [2.75, 3.05) is 13.2 Å². The molecule has 1 aromatic rings. The third-order valence-electron chi connectivity index (χ3n) is 3.00. The van der Waals surface area contributed by atoms with E-state index in [-0.39, 0.29) is 11.6 Å². The second-order valence-electron chi connectivity index (χ2n) is 5.19. The first kappa shape index (κ1) is 13.4.